The van der Waals surface area contributed by atoms with Crippen LogP contribution in [0.5, 0.6) is 0 Å². The Hall–Kier alpha value is -1.92. The van der Waals surface area contributed by atoms with Gasteiger partial charge in [0.1, 0.15) is 0 Å². The molecule has 0 unspecified atom stereocenters. The first-order valence-corrected chi connectivity index (χ1v) is 9.33. The number of nitrogens with zero attached hydrogens (tertiary/aromatic N) is 3. The minimum atomic E-state index is -0.463. The second-order valence-corrected chi connectivity index (χ2v) is 7.57. The van der Waals surface area contributed by atoms with Gasteiger partial charge < -0.3 is 14.5 Å². The number of likely N-dealkylation sites (tertiary alicyclic amines) is 1. The molecule has 0 aliphatic carbocycles. The maximum atomic E-state index is 13.3. The molecule has 2 heterocycles. The number of rotatable bonds is 2. The van der Waals surface area contributed by atoms with Gasteiger partial charge in [0.05, 0.1) is 18.2 Å². The van der Waals surface area contributed by atoms with Gasteiger partial charge in [0.25, 0.3) is 5.91 Å². The van der Waals surface area contributed by atoms with E-state index in [9.17, 15) is 9.59 Å². The van der Waals surface area contributed by atoms with Crippen LogP contribution in [0.15, 0.2) is 24.3 Å². The van der Waals surface area contributed by atoms with Crippen LogP contribution in [0.4, 0.5) is 0 Å². The minimum absolute atomic E-state index is 0.0267. The lowest BCUT2D eigenvalue weighted by molar-refractivity contribution is 0.0315. The van der Waals surface area contributed by atoms with Crippen molar-refractivity contribution < 1.29 is 14.3 Å². The summed E-state index contributed by atoms with van der Waals surface area (Å²) in [6.07, 6.45) is 3.06. The summed E-state index contributed by atoms with van der Waals surface area (Å²) in [7, 11) is 5.68. The summed E-state index contributed by atoms with van der Waals surface area (Å²) in [6, 6.07) is 6.95. The Labute approximate surface area is 155 Å². The molecule has 0 N–H and O–H groups in total. The highest BCUT2D eigenvalue weighted by Crippen LogP contribution is 2.31. The molecule has 142 valence electrons. The normalized spacial score (nSPS) is 21.4. The van der Waals surface area contributed by atoms with E-state index in [-0.39, 0.29) is 11.4 Å². The van der Waals surface area contributed by atoms with Crippen molar-refractivity contribution in [1.29, 1.82) is 0 Å². The second kappa shape index (κ2) is 7.76. The van der Waals surface area contributed by atoms with Crippen LogP contribution in [0.25, 0.3) is 0 Å². The van der Waals surface area contributed by atoms with Crippen molar-refractivity contribution in [3.05, 3.63) is 35.4 Å². The molecule has 2 fully saturated rings. The van der Waals surface area contributed by atoms with Gasteiger partial charge in [0, 0.05) is 25.2 Å². The van der Waals surface area contributed by atoms with Gasteiger partial charge in [-0.15, -0.1) is 0 Å². The van der Waals surface area contributed by atoms with Crippen molar-refractivity contribution in [2.45, 2.75) is 24.8 Å². The minimum Gasteiger partial charge on any atom is -0.465 e. The Morgan fingerprint density at radius 3 is 2.31 bits per heavy atom. The van der Waals surface area contributed by atoms with Crippen LogP contribution in [0.3, 0.4) is 0 Å². The van der Waals surface area contributed by atoms with Crippen LogP contribution < -0.4 is 0 Å². The molecule has 2 aliphatic rings. The SMILES string of the molecule is COC(=O)c1ccccc1C(=O)N1CCCN(C)C2(CCN(C)CC2)C1. The number of hydrogen-bond donors (Lipinski definition) is 0. The highest BCUT2D eigenvalue weighted by atomic mass is 16.5. The van der Waals surface area contributed by atoms with Gasteiger partial charge in [-0.25, -0.2) is 4.79 Å². The van der Waals surface area contributed by atoms with E-state index in [4.69, 9.17) is 4.74 Å². The molecule has 1 spiro atoms. The quantitative estimate of drug-likeness (QED) is 0.753. The number of carbonyl (C=O) groups excluding carboxylic acids is 2. The van der Waals surface area contributed by atoms with Crippen LogP contribution in [-0.2, 0) is 4.74 Å². The molecule has 0 bridgehead atoms. The van der Waals surface area contributed by atoms with E-state index >= 15 is 0 Å². The molecular weight excluding hydrogens is 330 g/mol. The average Bonchev–Trinajstić information content (AvgIpc) is 2.82. The number of esters is 1. The molecule has 1 aromatic carbocycles. The number of carbonyl (C=O) groups is 2. The fraction of sp³-hybridized carbons (Fsp3) is 0.600. The summed E-state index contributed by atoms with van der Waals surface area (Å²) in [5.74, 6) is -0.533. The third-order valence-corrected chi connectivity index (χ3v) is 5.98. The van der Waals surface area contributed by atoms with Crippen LogP contribution >= 0.6 is 0 Å². The number of hydrogen-bond acceptors (Lipinski definition) is 5. The lowest BCUT2D eigenvalue weighted by Crippen LogP contribution is -2.58. The lowest BCUT2D eigenvalue weighted by Gasteiger charge is -2.47. The first-order chi connectivity index (χ1) is 12.5. The second-order valence-electron chi connectivity index (χ2n) is 7.57. The predicted molar refractivity (Wildman–Crippen MR) is 100 cm³/mol. The highest BCUT2D eigenvalue weighted by Gasteiger charge is 2.41. The third-order valence-electron chi connectivity index (χ3n) is 5.98. The first kappa shape index (κ1) is 18.9. The zero-order valence-electron chi connectivity index (χ0n) is 16.0. The molecule has 0 aromatic heterocycles. The summed E-state index contributed by atoms with van der Waals surface area (Å²) in [6.45, 7) is 4.52. The fourth-order valence-electron chi connectivity index (χ4n) is 4.17. The van der Waals surface area contributed by atoms with Crippen molar-refractivity contribution >= 4 is 11.9 Å². The van der Waals surface area contributed by atoms with E-state index in [0.717, 1.165) is 45.4 Å². The third kappa shape index (κ3) is 3.62. The molecule has 2 saturated heterocycles. The van der Waals surface area contributed by atoms with Crippen LogP contribution in [0.2, 0.25) is 0 Å². The summed E-state index contributed by atoms with van der Waals surface area (Å²) in [5, 5.41) is 0. The Balaban J connectivity index is 1.87. The van der Waals surface area contributed by atoms with Gasteiger partial charge in [-0.3, -0.25) is 9.69 Å². The Bertz CT molecular complexity index is 668. The number of piperidine rings is 1. The topological polar surface area (TPSA) is 53.1 Å². The van der Waals surface area contributed by atoms with Crippen LogP contribution in [0, 0.1) is 0 Å². The standard InChI is InChI=1S/C20H29N3O3/c1-21-13-9-20(10-14-21)15-23(12-6-11-22(20)2)18(24)16-7-4-5-8-17(16)19(25)26-3/h4-5,7-8H,6,9-15H2,1-3H3. The van der Waals surface area contributed by atoms with E-state index in [1.807, 2.05) is 4.90 Å². The molecule has 26 heavy (non-hydrogen) atoms. The molecule has 1 aromatic rings. The maximum absolute atomic E-state index is 13.3. The van der Waals surface area contributed by atoms with E-state index in [1.54, 1.807) is 24.3 Å². The number of methoxy groups -OCH3 is 1. The van der Waals surface area contributed by atoms with Gasteiger partial charge in [0.2, 0.25) is 0 Å². The number of amides is 1. The maximum Gasteiger partial charge on any atom is 0.338 e. The molecular formula is C20H29N3O3. The summed E-state index contributed by atoms with van der Waals surface area (Å²) in [5.41, 5.74) is 0.806. The molecule has 6 nitrogen and oxygen atoms in total. The van der Waals surface area contributed by atoms with E-state index < -0.39 is 5.97 Å². The van der Waals surface area contributed by atoms with Crippen molar-refractivity contribution in [1.82, 2.24) is 14.7 Å². The largest absolute Gasteiger partial charge is 0.465 e. The lowest BCUT2D eigenvalue weighted by atomic mass is 9.85. The summed E-state index contributed by atoms with van der Waals surface area (Å²) < 4.78 is 4.85. The highest BCUT2D eigenvalue weighted by molar-refractivity contribution is 6.05. The molecule has 0 atom stereocenters. The van der Waals surface area contributed by atoms with Crippen LogP contribution in [-0.4, -0.2) is 86.0 Å². The number of benzene rings is 1. The molecule has 6 heteroatoms. The van der Waals surface area contributed by atoms with Crippen molar-refractivity contribution in [3.8, 4) is 0 Å². The molecule has 1 amide bonds. The van der Waals surface area contributed by atoms with E-state index in [0.29, 0.717) is 17.7 Å². The molecule has 2 aliphatic heterocycles. The van der Waals surface area contributed by atoms with Gasteiger partial charge in [-0.1, -0.05) is 12.1 Å². The van der Waals surface area contributed by atoms with Gasteiger partial charge in [-0.05, 0) is 58.6 Å². The molecule has 0 saturated carbocycles. The summed E-state index contributed by atoms with van der Waals surface area (Å²) >= 11 is 0. The Kier molecular flexibility index (Phi) is 5.63. The predicted octanol–water partition coefficient (Wildman–Crippen LogP) is 1.72. The van der Waals surface area contributed by atoms with Crippen molar-refractivity contribution in [2.75, 3.05) is 53.9 Å². The zero-order valence-corrected chi connectivity index (χ0v) is 16.0. The fourth-order valence-corrected chi connectivity index (χ4v) is 4.17. The van der Waals surface area contributed by atoms with E-state index in [1.165, 1.54) is 7.11 Å². The monoisotopic (exact) mass is 359 g/mol. The van der Waals surface area contributed by atoms with E-state index in [2.05, 4.69) is 23.9 Å². The van der Waals surface area contributed by atoms with Crippen molar-refractivity contribution in [2.24, 2.45) is 0 Å². The first-order valence-electron chi connectivity index (χ1n) is 9.33. The van der Waals surface area contributed by atoms with Crippen LogP contribution in [0.1, 0.15) is 40.0 Å². The number of likely N-dealkylation sites (N-methyl/N-ethyl adjacent to an activating group) is 1. The van der Waals surface area contributed by atoms with Crippen molar-refractivity contribution in [3.63, 3.8) is 0 Å². The Morgan fingerprint density at radius 2 is 1.65 bits per heavy atom. The number of ether oxygens (including phenoxy) is 1. The Morgan fingerprint density at radius 1 is 1.00 bits per heavy atom. The average molecular weight is 359 g/mol. The van der Waals surface area contributed by atoms with Gasteiger partial charge in [-0.2, -0.15) is 0 Å². The van der Waals surface area contributed by atoms with Gasteiger partial charge >= 0.3 is 5.97 Å². The smallest absolute Gasteiger partial charge is 0.338 e. The van der Waals surface area contributed by atoms with Gasteiger partial charge in [0.15, 0.2) is 0 Å². The summed E-state index contributed by atoms with van der Waals surface area (Å²) in [4.78, 5) is 32.1. The molecule has 3 rings (SSSR count). The molecule has 0 radical (unpaired) electrons. The zero-order chi connectivity index (χ0) is 18.7.